The molecule has 1 aliphatic heterocycles. The van der Waals surface area contributed by atoms with Crippen molar-refractivity contribution in [1.82, 2.24) is 4.90 Å². The van der Waals surface area contributed by atoms with Gasteiger partial charge in [-0.15, -0.1) is 0 Å². The van der Waals surface area contributed by atoms with Gasteiger partial charge in [0.05, 0.1) is 16.5 Å². The highest BCUT2D eigenvalue weighted by Gasteiger charge is 2.41. The number of ether oxygens (including phenoxy) is 2. The summed E-state index contributed by atoms with van der Waals surface area (Å²) in [5.74, 6) is -0.493. The average Bonchev–Trinajstić information content (AvgIpc) is 3.00. The zero-order valence-electron chi connectivity index (χ0n) is 16.1. The maximum absolute atomic E-state index is 12.6. The fourth-order valence-electron chi connectivity index (χ4n) is 2.71. The molecule has 30 heavy (non-hydrogen) atoms. The number of benzene rings is 2. The Bertz CT molecular complexity index is 1020. The molecule has 0 aliphatic carbocycles. The van der Waals surface area contributed by atoms with Crippen molar-refractivity contribution in [1.29, 1.82) is 0 Å². The molecule has 1 atom stereocenters. The van der Waals surface area contributed by atoms with Crippen LogP contribution in [0, 0.1) is 3.57 Å². The summed E-state index contributed by atoms with van der Waals surface area (Å²) in [6.07, 6.45) is 1.61. The summed E-state index contributed by atoms with van der Waals surface area (Å²) in [4.78, 5) is 37.6. The second kappa shape index (κ2) is 9.97. The molecule has 2 amide bonds. The van der Waals surface area contributed by atoms with E-state index in [2.05, 4.69) is 43.3 Å². The fraction of sp³-hybridized carbons (Fsp3) is 0.190. The Hall–Kier alpha value is -1.85. The first-order chi connectivity index (χ1) is 14.3. The summed E-state index contributed by atoms with van der Waals surface area (Å²) >= 11 is 6.53. The van der Waals surface area contributed by atoms with Crippen molar-refractivity contribution in [3.05, 3.63) is 66.5 Å². The molecule has 0 saturated carbocycles. The standard InChI is InChI=1S/C21H17BrINO5S/c1-12(20(26)28-2)24-19(25)18(30-21(24)27)10-14-5-8-17(16(22)9-14)29-11-13-3-6-15(23)7-4-13/h3-10,12H,11H2,1-2H3/b18-10+/t12-/m1/s1. The maximum Gasteiger partial charge on any atom is 0.328 e. The number of halogens is 2. The van der Waals surface area contributed by atoms with E-state index in [0.29, 0.717) is 12.4 Å². The molecular formula is C21H17BrINO5S. The first kappa shape index (κ1) is 22.8. The van der Waals surface area contributed by atoms with E-state index in [-0.39, 0.29) is 4.91 Å². The number of methoxy groups -OCH3 is 1. The zero-order chi connectivity index (χ0) is 21.8. The minimum Gasteiger partial charge on any atom is -0.488 e. The lowest BCUT2D eigenvalue weighted by Crippen LogP contribution is -2.42. The van der Waals surface area contributed by atoms with E-state index in [0.717, 1.165) is 35.8 Å². The molecule has 0 radical (unpaired) electrons. The van der Waals surface area contributed by atoms with Crippen molar-refractivity contribution in [3.8, 4) is 5.75 Å². The van der Waals surface area contributed by atoms with Crippen molar-refractivity contribution in [3.63, 3.8) is 0 Å². The van der Waals surface area contributed by atoms with Gasteiger partial charge in [0.15, 0.2) is 0 Å². The Morgan fingerprint density at radius 2 is 1.93 bits per heavy atom. The molecule has 156 valence electrons. The van der Waals surface area contributed by atoms with Gasteiger partial charge in [0, 0.05) is 3.57 Å². The van der Waals surface area contributed by atoms with Gasteiger partial charge in [-0.25, -0.2) is 4.79 Å². The van der Waals surface area contributed by atoms with Crippen molar-refractivity contribution >= 4 is 73.5 Å². The Morgan fingerprint density at radius 1 is 1.23 bits per heavy atom. The van der Waals surface area contributed by atoms with Crippen LogP contribution in [0.15, 0.2) is 51.8 Å². The monoisotopic (exact) mass is 601 g/mol. The number of hydrogen-bond donors (Lipinski definition) is 0. The van der Waals surface area contributed by atoms with Gasteiger partial charge in [-0.3, -0.25) is 14.5 Å². The second-order valence-corrected chi connectivity index (χ2v) is 9.45. The number of imide groups is 1. The van der Waals surface area contributed by atoms with Crippen LogP contribution in [0.2, 0.25) is 0 Å². The first-order valence-electron chi connectivity index (χ1n) is 8.82. The number of thioether (sulfide) groups is 1. The summed E-state index contributed by atoms with van der Waals surface area (Å²) < 4.78 is 12.4. The average molecular weight is 602 g/mol. The Labute approximate surface area is 200 Å². The maximum atomic E-state index is 12.6. The highest BCUT2D eigenvalue weighted by Crippen LogP contribution is 2.35. The summed E-state index contributed by atoms with van der Waals surface area (Å²) in [5, 5.41) is -0.499. The second-order valence-electron chi connectivity index (χ2n) is 6.36. The minimum absolute atomic E-state index is 0.246. The van der Waals surface area contributed by atoms with Crippen LogP contribution in [-0.4, -0.2) is 35.2 Å². The quantitative estimate of drug-likeness (QED) is 0.256. The molecule has 1 heterocycles. The van der Waals surface area contributed by atoms with E-state index in [9.17, 15) is 14.4 Å². The molecule has 9 heteroatoms. The molecule has 1 fully saturated rings. The predicted octanol–water partition coefficient (Wildman–Crippen LogP) is 5.23. The lowest BCUT2D eigenvalue weighted by molar-refractivity contribution is -0.148. The van der Waals surface area contributed by atoms with Crippen LogP contribution >= 0.6 is 50.3 Å². The fourth-order valence-corrected chi connectivity index (χ4v) is 4.49. The molecule has 0 unspecified atom stereocenters. The van der Waals surface area contributed by atoms with Crippen molar-refractivity contribution in [2.24, 2.45) is 0 Å². The van der Waals surface area contributed by atoms with Crippen LogP contribution in [0.4, 0.5) is 4.79 Å². The van der Waals surface area contributed by atoms with Crippen molar-refractivity contribution < 1.29 is 23.9 Å². The van der Waals surface area contributed by atoms with Gasteiger partial charge < -0.3 is 9.47 Å². The third-order valence-electron chi connectivity index (χ3n) is 4.31. The molecule has 1 saturated heterocycles. The first-order valence-corrected chi connectivity index (χ1v) is 11.5. The SMILES string of the molecule is COC(=O)[C@@H](C)N1C(=O)S/C(=C/c2ccc(OCc3ccc(I)cc3)c(Br)c2)C1=O. The number of nitrogens with zero attached hydrogens (tertiary/aromatic N) is 1. The lowest BCUT2D eigenvalue weighted by Gasteiger charge is -2.18. The summed E-state index contributed by atoms with van der Waals surface area (Å²) in [5.41, 5.74) is 1.78. The number of hydrogen-bond acceptors (Lipinski definition) is 6. The van der Waals surface area contributed by atoms with E-state index >= 15 is 0 Å². The van der Waals surface area contributed by atoms with E-state index < -0.39 is 23.2 Å². The van der Waals surface area contributed by atoms with Gasteiger partial charge in [-0.05, 0) is 98.7 Å². The molecule has 2 aromatic rings. The van der Waals surface area contributed by atoms with Crippen molar-refractivity contribution in [2.45, 2.75) is 19.6 Å². The number of carbonyl (C=O) groups is 3. The molecule has 6 nitrogen and oxygen atoms in total. The van der Waals surface area contributed by atoms with Gasteiger partial charge in [-0.1, -0.05) is 18.2 Å². The molecule has 0 N–H and O–H groups in total. The van der Waals surface area contributed by atoms with Crippen LogP contribution in [0.3, 0.4) is 0 Å². The highest BCUT2D eigenvalue weighted by atomic mass is 127. The van der Waals surface area contributed by atoms with Gasteiger partial charge in [0.2, 0.25) is 0 Å². The van der Waals surface area contributed by atoms with E-state index in [1.54, 1.807) is 24.3 Å². The van der Waals surface area contributed by atoms with Crippen molar-refractivity contribution in [2.75, 3.05) is 7.11 Å². The normalized spacial score (nSPS) is 16.1. The van der Waals surface area contributed by atoms with Gasteiger partial charge in [0.1, 0.15) is 18.4 Å². The summed E-state index contributed by atoms with van der Waals surface area (Å²) in [6.45, 7) is 1.89. The third kappa shape index (κ3) is 5.25. The molecular weight excluding hydrogens is 585 g/mol. The largest absolute Gasteiger partial charge is 0.488 e. The molecule has 3 rings (SSSR count). The lowest BCUT2D eigenvalue weighted by atomic mass is 10.2. The van der Waals surface area contributed by atoms with Crippen LogP contribution in [0.25, 0.3) is 6.08 Å². The smallest absolute Gasteiger partial charge is 0.328 e. The topological polar surface area (TPSA) is 72.9 Å². The molecule has 2 aromatic carbocycles. The predicted molar refractivity (Wildman–Crippen MR) is 127 cm³/mol. The van der Waals surface area contributed by atoms with Gasteiger partial charge in [0.25, 0.3) is 11.1 Å². The third-order valence-corrected chi connectivity index (χ3v) is 6.54. The van der Waals surface area contributed by atoms with Gasteiger partial charge >= 0.3 is 5.97 Å². The number of amides is 2. The van der Waals surface area contributed by atoms with Crippen LogP contribution in [0.5, 0.6) is 5.75 Å². The van der Waals surface area contributed by atoms with E-state index in [4.69, 9.17) is 4.74 Å². The highest BCUT2D eigenvalue weighted by molar-refractivity contribution is 14.1. The Balaban J connectivity index is 1.72. The molecule has 1 aliphatic rings. The van der Waals surface area contributed by atoms with Crippen LogP contribution < -0.4 is 4.74 Å². The zero-order valence-corrected chi connectivity index (χ0v) is 20.6. The summed E-state index contributed by atoms with van der Waals surface area (Å²) in [7, 11) is 1.22. The number of esters is 1. The van der Waals surface area contributed by atoms with E-state index in [1.807, 2.05) is 24.3 Å². The van der Waals surface area contributed by atoms with Crippen LogP contribution in [0.1, 0.15) is 18.1 Å². The van der Waals surface area contributed by atoms with E-state index in [1.165, 1.54) is 14.0 Å². The molecule has 0 spiro atoms. The van der Waals surface area contributed by atoms with Crippen LogP contribution in [-0.2, 0) is 20.9 Å². The number of rotatable bonds is 6. The molecule has 0 bridgehead atoms. The summed E-state index contributed by atoms with van der Waals surface area (Å²) in [6, 6.07) is 12.5. The Morgan fingerprint density at radius 3 is 2.57 bits per heavy atom. The minimum atomic E-state index is -0.975. The molecule has 0 aromatic heterocycles. The number of carbonyl (C=O) groups excluding carboxylic acids is 3. The Kier molecular flexibility index (Phi) is 7.59. The van der Waals surface area contributed by atoms with Gasteiger partial charge in [-0.2, -0.15) is 0 Å².